The van der Waals surface area contributed by atoms with Crippen LogP contribution in [0.15, 0.2) is 89.8 Å². The summed E-state index contributed by atoms with van der Waals surface area (Å²) in [5.74, 6) is -3.46. The molecule has 1 saturated carbocycles. The molecule has 3 atom stereocenters. The number of fused-ring (bicyclic) bond motifs is 4. The largest absolute Gasteiger partial charge is 0.619 e. The summed E-state index contributed by atoms with van der Waals surface area (Å²) in [7, 11) is 0. The van der Waals surface area contributed by atoms with E-state index in [1.54, 1.807) is 42.7 Å². The Hall–Kier alpha value is -5.85. The maximum absolute atomic E-state index is 14.0. The molecule has 2 aromatic heterocycles. The fraction of sp³-hybridized carbons (Fsp3) is 0.364. The molecule has 4 aliphatic rings. The Morgan fingerprint density at radius 3 is 2.28 bits per heavy atom. The molecule has 1 aliphatic carbocycles. The number of furan rings is 1. The van der Waals surface area contributed by atoms with E-state index in [4.69, 9.17) is 56.5 Å². The molecule has 2 bridgehead atoms. The van der Waals surface area contributed by atoms with Crippen LogP contribution in [0.4, 0.5) is 27.6 Å². The van der Waals surface area contributed by atoms with E-state index in [1.165, 1.54) is 18.2 Å². The second kappa shape index (κ2) is 19.9. The van der Waals surface area contributed by atoms with E-state index in [9.17, 15) is 36.7 Å². The number of aliphatic carboxylic acids is 1. The number of rotatable bonds is 15. The zero-order valence-corrected chi connectivity index (χ0v) is 35.1. The predicted octanol–water partition coefficient (Wildman–Crippen LogP) is 9.33. The van der Waals surface area contributed by atoms with Gasteiger partial charge in [-0.05, 0) is 110 Å². The Morgan fingerprint density at radius 1 is 0.938 bits per heavy atom. The number of carboxylic acid groups (broad SMARTS) is 1. The lowest BCUT2D eigenvalue weighted by atomic mass is 9.86. The Kier molecular flexibility index (Phi) is 14.4. The molecule has 64 heavy (non-hydrogen) atoms. The minimum Gasteiger partial charge on any atom is -0.619 e. The summed E-state index contributed by atoms with van der Waals surface area (Å²) in [6, 6.07) is 17.2. The topological polar surface area (TPSA) is 164 Å². The maximum Gasteiger partial charge on any atom is 0.490 e. The molecule has 5 heterocycles. The molecule has 9 rings (SSSR count). The van der Waals surface area contributed by atoms with Crippen LogP contribution >= 0.6 is 23.2 Å². The second-order valence-electron chi connectivity index (χ2n) is 15.5. The zero-order valence-electron chi connectivity index (χ0n) is 33.6. The van der Waals surface area contributed by atoms with Gasteiger partial charge in [-0.2, -0.15) is 26.7 Å². The van der Waals surface area contributed by atoms with E-state index in [0.717, 1.165) is 56.6 Å². The van der Waals surface area contributed by atoms with Crippen molar-refractivity contribution in [3.05, 3.63) is 123 Å². The van der Waals surface area contributed by atoms with E-state index in [0.29, 0.717) is 57.7 Å². The highest BCUT2D eigenvalue weighted by Gasteiger charge is 2.39. The van der Waals surface area contributed by atoms with Crippen molar-refractivity contribution >= 4 is 57.8 Å². The van der Waals surface area contributed by atoms with Gasteiger partial charge in [0, 0.05) is 29.6 Å². The average molecular weight is 937 g/mol. The number of ether oxygens (including phenoxy) is 4. The number of hydrogen-bond acceptors (Lipinski definition) is 11. The lowest BCUT2D eigenvalue weighted by Crippen LogP contribution is -2.52. The third-order valence-corrected chi connectivity index (χ3v) is 11.6. The van der Waals surface area contributed by atoms with Crippen LogP contribution in [0, 0.1) is 17.0 Å². The summed E-state index contributed by atoms with van der Waals surface area (Å²) in [5, 5.41) is 23.3. The number of anilines is 1. The van der Waals surface area contributed by atoms with Crippen molar-refractivity contribution in [1.29, 1.82) is 0 Å². The summed E-state index contributed by atoms with van der Waals surface area (Å²) < 4.78 is 87.3. The number of carboxylic acids is 1. The van der Waals surface area contributed by atoms with Gasteiger partial charge >= 0.3 is 30.7 Å². The number of nitrogens with zero attached hydrogens (tertiary/aromatic N) is 2. The minimum atomic E-state index is -5.08. The van der Waals surface area contributed by atoms with E-state index in [-0.39, 0.29) is 39.6 Å². The van der Waals surface area contributed by atoms with Crippen molar-refractivity contribution in [3.8, 4) is 11.5 Å². The van der Waals surface area contributed by atoms with E-state index in [2.05, 4.69) is 10.2 Å². The van der Waals surface area contributed by atoms with Gasteiger partial charge in [-0.15, -0.1) is 0 Å². The van der Waals surface area contributed by atoms with E-state index >= 15 is 0 Å². The van der Waals surface area contributed by atoms with Gasteiger partial charge in [0.15, 0.2) is 29.9 Å². The Balaban J connectivity index is 0.000000809. The van der Waals surface area contributed by atoms with Gasteiger partial charge in [0.25, 0.3) is 0 Å². The molecule has 20 heteroatoms. The molecule has 3 aliphatic heterocycles. The van der Waals surface area contributed by atoms with Crippen LogP contribution in [-0.4, -0.2) is 73.0 Å². The van der Waals surface area contributed by atoms with Crippen LogP contribution in [0.2, 0.25) is 10.0 Å². The lowest BCUT2D eigenvalue weighted by Gasteiger charge is -2.44. The lowest BCUT2D eigenvalue weighted by molar-refractivity contribution is -0.605. The second-order valence-corrected chi connectivity index (χ2v) is 16.3. The SMILES string of the molecule is O=C(O)C(F)(F)F.O=C(O[C@@H](Cc1c(Cl)c[n+]([O-])cc1Cl)c1ccc(OC(F)F)c(OCC2CC2)c1)c1cccc(NC(C(=O)O[C@H]2CN3CCC2CC3)c2ccc3occc3c2)c1. The quantitative estimate of drug-likeness (QED) is 0.0443. The van der Waals surface area contributed by atoms with Gasteiger partial charge in [0.05, 0.1) is 18.4 Å². The van der Waals surface area contributed by atoms with E-state index < -0.39 is 42.8 Å². The number of pyridine rings is 1. The normalized spacial score (nSPS) is 19.0. The van der Waals surface area contributed by atoms with E-state index in [1.807, 2.05) is 12.1 Å². The number of alkyl halides is 5. The number of piperidine rings is 3. The molecule has 2 N–H and O–H groups in total. The molecule has 3 aromatic carbocycles. The summed E-state index contributed by atoms with van der Waals surface area (Å²) in [6.45, 7) is -0.0954. The van der Waals surface area contributed by atoms with Crippen LogP contribution in [0.25, 0.3) is 11.0 Å². The highest BCUT2D eigenvalue weighted by Crippen LogP contribution is 2.39. The van der Waals surface area contributed by atoms with Crippen LogP contribution < -0.4 is 19.5 Å². The molecular formula is C44H40Cl2F5N3O10. The van der Waals surface area contributed by atoms with Crippen molar-refractivity contribution in [1.82, 2.24) is 4.90 Å². The van der Waals surface area contributed by atoms with Crippen molar-refractivity contribution in [3.63, 3.8) is 0 Å². The van der Waals surface area contributed by atoms with Gasteiger partial charge < -0.3 is 39.0 Å². The standard InChI is InChI=1S/C42H39Cl2F2N3O8.C2HF3O2/c43-32-20-49(52)21-33(44)31(32)19-36(26-6-9-35(57-42(45)46)37(18-26)54-23-24-4-5-24)55-40(50)29-2-1-3-30(17-29)47-39(28-7-8-34-27(16-28)12-15-53-34)41(51)56-38-22-48-13-10-25(38)11-14-48;3-2(4,5)1(6)7/h1-3,6-9,12,15-18,20-21,24-25,36,38-39,42,47H,4-5,10-11,13-14,19,22-23H2;(H,6,7)/t36-,38-,39?;/m0./s1. The Morgan fingerprint density at radius 2 is 1.64 bits per heavy atom. The summed E-state index contributed by atoms with van der Waals surface area (Å²) in [4.78, 5) is 39.2. The van der Waals surface area contributed by atoms with Gasteiger partial charge in [-0.25, -0.2) is 14.4 Å². The molecule has 13 nitrogen and oxygen atoms in total. The first kappa shape index (κ1) is 46.2. The molecule has 3 saturated heterocycles. The number of hydrogen-bond donors (Lipinski definition) is 2. The minimum absolute atomic E-state index is 0.0392. The molecular weight excluding hydrogens is 896 g/mol. The molecule has 4 fully saturated rings. The third-order valence-electron chi connectivity index (χ3n) is 11.0. The molecule has 1 unspecified atom stereocenters. The molecule has 340 valence electrons. The smallest absolute Gasteiger partial charge is 0.490 e. The van der Waals surface area contributed by atoms with Crippen molar-refractivity contribution in [2.45, 2.75) is 63.1 Å². The first-order valence-corrected chi connectivity index (χ1v) is 20.8. The average Bonchev–Trinajstić information content (AvgIpc) is 3.97. The molecule has 0 spiro atoms. The summed E-state index contributed by atoms with van der Waals surface area (Å²) >= 11 is 12.9. The third kappa shape index (κ3) is 11.8. The number of aromatic nitrogens is 1. The number of halogens is 7. The van der Waals surface area contributed by atoms with Gasteiger partial charge in [-0.1, -0.05) is 41.4 Å². The predicted molar refractivity (Wildman–Crippen MR) is 220 cm³/mol. The van der Waals surface area contributed by atoms with Crippen LogP contribution in [0.5, 0.6) is 11.5 Å². The van der Waals surface area contributed by atoms with Gasteiger partial charge in [0.2, 0.25) is 0 Å². The van der Waals surface area contributed by atoms with Gasteiger partial charge in [0.1, 0.15) is 27.8 Å². The van der Waals surface area contributed by atoms with Crippen molar-refractivity contribution < 1.29 is 69.5 Å². The Labute approximate surface area is 372 Å². The molecule has 0 amide bonds. The number of nitrogens with one attached hydrogen (secondary N) is 1. The van der Waals surface area contributed by atoms with Crippen LogP contribution in [0.3, 0.4) is 0 Å². The number of carbonyl (C=O) groups is 3. The molecule has 5 aromatic rings. The maximum atomic E-state index is 14.0. The molecule has 0 radical (unpaired) electrons. The highest BCUT2D eigenvalue weighted by molar-refractivity contribution is 6.35. The number of esters is 2. The van der Waals surface area contributed by atoms with Crippen LogP contribution in [-0.2, 0) is 25.5 Å². The monoisotopic (exact) mass is 935 g/mol. The number of carbonyl (C=O) groups excluding carboxylic acids is 2. The first-order chi connectivity index (χ1) is 30.5. The first-order valence-electron chi connectivity index (χ1n) is 20.1. The van der Waals surface area contributed by atoms with Crippen LogP contribution in [0.1, 0.15) is 64.9 Å². The van der Waals surface area contributed by atoms with Crippen molar-refractivity contribution in [2.75, 3.05) is 31.6 Å². The number of benzene rings is 3. The van der Waals surface area contributed by atoms with Gasteiger partial charge in [-0.3, -0.25) is 4.90 Å². The summed E-state index contributed by atoms with van der Waals surface area (Å²) in [5.41, 5.74) is 2.61. The van der Waals surface area contributed by atoms with Crippen molar-refractivity contribution in [2.24, 2.45) is 11.8 Å². The zero-order chi connectivity index (χ0) is 45.7. The fourth-order valence-electron chi connectivity index (χ4n) is 7.47. The summed E-state index contributed by atoms with van der Waals surface area (Å²) in [6.07, 6.45) is 1.25. The highest BCUT2D eigenvalue weighted by atomic mass is 35.5. The Bertz CT molecular complexity index is 2460. The fourth-order valence-corrected chi connectivity index (χ4v) is 8.06.